The van der Waals surface area contributed by atoms with E-state index in [2.05, 4.69) is 54.7 Å². The molecular weight excluding hydrogens is 579 g/mol. The van der Waals surface area contributed by atoms with Gasteiger partial charge in [-0.2, -0.15) is 0 Å². The molecule has 44 heavy (non-hydrogen) atoms. The summed E-state index contributed by atoms with van der Waals surface area (Å²) in [5, 5.41) is 5.82. The van der Waals surface area contributed by atoms with Gasteiger partial charge in [0.05, 0.1) is 38.2 Å². The summed E-state index contributed by atoms with van der Waals surface area (Å²) >= 11 is 0. The molecule has 13 nitrogen and oxygen atoms in total. The smallest absolute Gasteiger partial charge is 0.228 e. The van der Waals surface area contributed by atoms with Crippen LogP contribution in [0.1, 0.15) is 68.4 Å². The molecule has 1 aliphatic carbocycles. The molecular formula is C30H49N10O3P. The van der Waals surface area contributed by atoms with Crippen LogP contribution in [-0.4, -0.2) is 103 Å². The fourth-order valence-corrected chi connectivity index (χ4v) is 5.31. The first kappa shape index (κ1) is 34.9. The van der Waals surface area contributed by atoms with E-state index in [9.17, 15) is 14.4 Å². The van der Waals surface area contributed by atoms with Crippen LogP contribution in [0.2, 0.25) is 0 Å². The monoisotopic (exact) mass is 628 g/mol. The van der Waals surface area contributed by atoms with Crippen LogP contribution in [-0.2, 0) is 33.6 Å². The molecule has 3 aromatic heterocycles. The van der Waals surface area contributed by atoms with Crippen LogP contribution in [0.5, 0.6) is 0 Å². The van der Waals surface area contributed by atoms with Gasteiger partial charge in [0.15, 0.2) is 0 Å². The van der Waals surface area contributed by atoms with Crippen molar-refractivity contribution in [3.8, 4) is 0 Å². The Balaban J connectivity index is 0.000000572. The van der Waals surface area contributed by atoms with Crippen molar-refractivity contribution >= 4 is 27.0 Å². The van der Waals surface area contributed by atoms with Crippen molar-refractivity contribution in [2.45, 2.75) is 70.6 Å². The molecule has 5 N–H and O–H groups in total. The van der Waals surface area contributed by atoms with Crippen LogP contribution >= 0.6 is 9.24 Å². The number of carbonyl (C=O) groups excluding carboxylic acids is 3. The SMILES string of the molecule is C1CCCCCCC1.O=C(Cc1cnc[nH]1)NCCN(CCNC(=O)Cc1cnc[nH]1)CCN(CP)C(=O)Cc1cnc[nH]1. The van der Waals surface area contributed by atoms with E-state index in [4.69, 9.17) is 0 Å². The van der Waals surface area contributed by atoms with E-state index in [0.717, 1.165) is 17.1 Å². The van der Waals surface area contributed by atoms with Crippen LogP contribution in [0, 0.1) is 0 Å². The number of amides is 3. The predicted octanol–water partition coefficient (Wildman–Crippen LogP) is 2.20. The molecule has 242 valence electrons. The summed E-state index contributed by atoms with van der Waals surface area (Å²) in [7, 11) is 2.59. The van der Waals surface area contributed by atoms with Gasteiger partial charge in [0.2, 0.25) is 17.7 Å². The lowest BCUT2D eigenvalue weighted by Crippen LogP contribution is -2.44. The number of hydrogen-bond donors (Lipinski definition) is 5. The first-order valence-corrected chi connectivity index (χ1v) is 16.5. The molecule has 0 spiro atoms. The lowest BCUT2D eigenvalue weighted by molar-refractivity contribution is -0.129. The summed E-state index contributed by atoms with van der Waals surface area (Å²) in [5.41, 5.74) is 2.26. The number of aromatic nitrogens is 6. The van der Waals surface area contributed by atoms with Gasteiger partial charge in [-0.3, -0.25) is 19.3 Å². The Morgan fingerprint density at radius 2 is 1.05 bits per heavy atom. The molecule has 3 amide bonds. The summed E-state index contributed by atoms with van der Waals surface area (Å²) in [6.45, 7) is 3.14. The maximum Gasteiger partial charge on any atom is 0.228 e. The molecule has 0 aromatic carbocycles. The summed E-state index contributed by atoms with van der Waals surface area (Å²) in [4.78, 5) is 61.5. The zero-order valence-corrected chi connectivity index (χ0v) is 26.9. The van der Waals surface area contributed by atoms with Crippen molar-refractivity contribution in [3.05, 3.63) is 54.7 Å². The Hall–Kier alpha value is -3.57. The third-order valence-electron chi connectivity index (χ3n) is 7.47. The molecule has 0 aliphatic heterocycles. The topological polar surface area (TPSA) is 168 Å². The van der Waals surface area contributed by atoms with E-state index >= 15 is 0 Å². The zero-order valence-electron chi connectivity index (χ0n) is 25.7. The van der Waals surface area contributed by atoms with Crippen molar-refractivity contribution in [3.63, 3.8) is 0 Å². The molecule has 1 aliphatic rings. The van der Waals surface area contributed by atoms with Gasteiger partial charge < -0.3 is 30.5 Å². The normalized spacial score (nSPS) is 13.3. The number of H-pyrrole nitrogens is 3. The lowest BCUT2D eigenvalue weighted by Gasteiger charge is -2.27. The van der Waals surface area contributed by atoms with Crippen molar-refractivity contribution < 1.29 is 14.4 Å². The fourth-order valence-electron chi connectivity index (χ4n) is 4.93. The van der Waals surface area contributed by atoms with Crippen LogP contribution < -0.4 is 10.6 Å². The summed E-state index contributed by atoms with van der Waals surface area (Å²) in [6, 6.07) is 0. The van der Waals surface area contributed by atoms with E-state index in [-0.39, 0.29) is 37.0 Å². The van der Waals surface area contributed by atoms with E-state index in [0.29, 0.717) is 45.6 Å². The van der Waals surface area contributed by atoms with Crippen molar-refractivity contribution in [2.24, 2.45) is 0 Å². The number of carbonyl (C=O) groups is 3. The Morgan fingerprint density at radius 3 is 1.41 bits per heavy atom. The highest BCUT2D eigenvalue weighted by atomic mass is 31.0. The van der Waals surface area contributed by atoms with Gasteiger partial charge >= 0.3 is 0 Å². The third-order valence-corrected chi connectivity index (χ3v) is 7.91. The zero-order chi connectivity index (χ0) is 31.2. The molecule has 3 heterocycles. The number of imidazole rings is 3. The van der Waals surface area contributed by atoms with Crippen LogP contribution in [0.15, 0.2) is 37.6 Å². The maximum atomic E-state index is 12.7. The molecule has 1 fully saturated rings. The van der Waals surface area contributed by atoms with Gasteiger partial charge in [-0.25, -0.2) is 15.0 Å². The molecule has 0 bridgehead atoms. The third kappa shape index (κ3) is 14.7. The average molecular weight is 629 g/mol. The first-order valence-electron chi connectivity index (χ1n) is 15.7. The quantitative estimate of drug-likeness (QED) is 0.152. The highest BCUT2D eigenvalue weighted by Gasteiger charge is 2.16. The van der Waals surface area contributed by atoms with Gasteiger partial charge in [0.1, 0.15) is 0 Å². The van der Waals surface area contributed by atoms with Gasteiger partial charge in [-0.15, -0.1) is 9.24 Å². The molecule has 1 unspecified atom stereocenters. The lowest BCUT2D eigenvalue weighted by atomic mass is 10.0. The second kappa shape index (κ2) is 21.2. The summed E-state index contributed by atoms with van der Waals surface area (Å²) in [6.07, 6.45) is 22.7. The standard InChI is InChI=1S/C22H33N10O3P.C8H16/c33-20(7-17-10-23-13-28-17)26-1-3-31(4-2-27-21(34)8-18-11-24-14-29-18)5-6-32(16-36)22(35)9-19-12-25-15-30-19;1-2-4-6-8-7-5-3-1/h10-15H,1-9,16,36H2,(H,23,28)(H,24,29)(H,25,30)(H,26,33)(H,27,34);1-8H2. The van der Waals surface area contributed by atoms with Gasteiger partial charge in [0.25, 0.3) is 0 Å². The van der Waals surface area contributed by atoms with Gasteiger partial charge in [0, 0.05) is 81.2 Å². The van der Waals surface area contributed by atoms with Crippen LogP contribution in [0.4, 0.5) is 0 Å². The van der Waals surface area contributed by atoms with Gasteiger partial charge in [-0.1, -0.05) is 51.4 Å². The highest BCUT2D eigenvalue weighted by molar-refractivity contribution is 7.16. The van der Waals surface area contributed by atoms with Crippen LogP contribution in [0.25, 0.3) is 0 Å². The van der Waals surface area contributed by atoms with Crippen molar-refractivity contribution in [1.29, 1.82) is 0 Å². The molecule has 1 atom stereocenters. The van der Waals surface area contributed by atoms with E-state index in [1.165, 1.54) is 64.0 Å². The Bertz CT molecular complexity index is 1090. The second-order valence-electron chi connectivity index (χ2n) is 11.0. The molecule has 4 rings (SSSR count). The molecule has 0 saturated heterocycles. The largest absolute Gasteiger partial charge is 0.354 e. The molecule has 3 aromatic rings. The summed E-state index contributed by atoms with van der Waals surface area (Å²) in [5.74, 6) is -0.211. The van der Waals surface area contributed by atoms with E-state index in [1.54, 1.807) is 29.8 Å². The minimum Gasteiger partial charge on any atom is -0.354 e. The Morgan fingerprint density at radius 1 is 0.636 bits per heavy atom. The minimum atomic E-state index is -0.103. The number of nitrogens with one attached hydrogen (secondary N) is 5. The molecule has 0 radical (unpaired) electrons. The molecule has 14 heteroatoms. The van der Waals surface area contributed by atoms with E-state index < -0.39 is 0 Å². The first-order chi connectivity index (χ1) is 21.5. The fraction of sp³-hybridized carbons (Fsp3) is 0.600. The Kier molecular flexibility index (Phi) is 16.8. The Labute approximate surface area is 262 Å². The molecule has 1 saturated carbocycles. The maximum absolute atomic E-state index is 12.7. The summed E-state index contributed by atoms with van der Waals surface area (Å²) < 4.78 is 0. The second-order valence-corrected chi connectivity index (χ2v) is 11.3. The number of aromatic amines is 3. The van der Waals surface area contributed by atoms with Crippen LogP contribution in [0.3, 0.4) is 0 Å². The minimum absolute atomic E-state index is 0.00470. The number of hydrogen-bond acceptors (Lipinski definition) is 7. The van der Waals surface area contributed by atoms with Crippen molar-refractivity contribution in [1.82, 2.24) is 50.3 Å². The highest BCUT2D eigenvalue weighted by Crippen LogP contribution is 2.15. The van der Waals surface area contributed by atoms with Crippen molar-refractivity contribution in [2.75, 3.05) is 45.6 Å². The predicted molar refractivity (Wildman–Crippen MR) is 173 cm³/mol. The van der Waals surface area contributed by atoms with E-state index in [1.807, 2.05) is 0 Å². The average Bonchev–Trinajstić information content (AvgIpc) is 3.78. The van der Waals surface area contributed by atoms with Gasteiger partial charge in [-0.05, 0) is 0 Å². The number of rotatable bonds is 16. The number of nitrogens with zero attached hydrogens (tertiary/aromatic N) is 5.